The zero-order valence-corrected chi connectivity index (χ0v) is 12.4. The topological polar surface area (TPSA) is 70.6 Å². The van der Waals surface area contributed by atoms with Crippen LogP contribution < -0.4 is 15.4 Å². The molecular weight excluding hydrogens is 313 g/mol. The van der Waals surface area contributed by atoms with Gasteiger partial charge in [0, 0.05) is 24.8 Å². The highest BCUT2D eigenvalue weighted by atomic mass is 19.4. The van der Waals surface area contributed by atoms with Crippen LogP contribution in [0.5, 0.6) is 5.75 Å². The van der Waals surface area contributed by atoms with E-state index in [0.717, 1.165) is 31.4 Å². The van der Waals surface area contributed by atoms with Gasteiger partial charge in [0.2, 0.25) is 0 Å². The monoisotopic (exact) mass is 332 g/mol. The molecule has 2 fully saturated rings. The number of halogens is 3. The summed E-state index contributed by atoms with van der Waals surface area (Å²) in [6.07, 6.45) is -2.41. The first-order valence-electron chi connectivity index (χ1n) is 7.35. The van der Waals surface area contributed by atoms with Crippen LogP contribution >= 0.6 is 0 Å². The fraction of sp³-hybridized carbons (Fsp3) is 0.533. The highest BCUT2D eigenvalue weighted by molar-refractivity contribution is 5.73. The number of ether oxygens (including phenoxy) is 1. The smallest absolute Gasteiger partial charge is 0.490 e. The second kappa shape index (κ2) is 7.54. The minimum atomic E-state index is -5.08. The van der Waals surface area contributed by atoms with Crippen molar-refractivity contribution in [3.8, 4) is 5.75 Å². The first-order chi connectivity index (χ1) is 10.8. The molecule has 1 saturated carbocycles. The van der Waals surface area contributed by atoms with Gasteiger partial charge in [-0.25, -0.2) is 4.79 Å². The van der Waals surface area contributed by atoms with Gasteiger partial charge in [-0.15, -0.1) is 0 Å². The lowest BCUT2D eigenvalue weighted by Crippen LogP contribution is -2.51. The lowest BCUT2D eigenvalue weighted by molar-refractivity contribution is -0.192. The standard InChI is InChI=1S/C13H18N2O.C2HF3O2/c1-2-11(15-12-7-14-8-12)6-13(3-1)16-9-10-4-5-10;3-2(4,5)1(6)7/h1-3,6,10,12,14-15H,4-5,7-9H2;(H,6,7). The number of alkyl halides is 3. The number of carboxylic acid groups (broad SMARTS) is 1. The van der Waals surface area contributed by atoms with Crippen LogP contribution in [0.3, 0.4) is 0 Å². The molecular formula is C15H19F3N2O3. The molecule has 0 aromatic heterocycles. The third-order valence-electron chi connectivity index (χ3n) is 3.41. The molecule has 0 spiro atoms. The maximum Gasteiger partial charge on any atom is 0.490 e. The molecule has 0 unspecified atom stereocenters. The molecule has 1 aliphatic carbocycles. The number of hydrogen-bond acceptors (Lipinski definition) is 4. The van der Waals surface area contributed by atoms with Gasteiger partial charge in [-0.1, -0.05) is 6.07 Å². The third-order valence-corrected chi connectivity index (χ3v) is 3.41. The first-order valence-corrected chi connectivity index (χ1v) is 7.35. The SMILES string of the molecule is O=C(O)C(F)(F)F.c1cc(NC2CNC2)cc(OCC2CC2)c1. The third kappa shape index (κ3) is 6.35. The highest BCUT2D eigenvalue weighted by Crippen LogP contribution is 2.30. The Hall–Kier alpha value is -1.96. The summed E-state index contributed by atoms with van der Waals surface area (Å²) >= 11 is 0. The number of anilines is 1. The van der Waals surface area contributed by atoms with Crippen LogP contribution in [-0.4, -0.2) is 43.0 Å². The summed E-state index contributed by atoms with van der Waals surface area (Å²) in [7, 11) is 0. The van der Waals surface area contributed by atoms with Crippen LogP contribution in [0, 0.1) is 5.92 Å². The van der Waals surface area contributed by atoms with E-state index in [1.165, 1.54) is 18.5 Å². The molecule has 0 amide bonds. The molecule has 3 N–H and O–H groups in total. The molecule has 8 heteroatoms. The zero-order chi connectivity index (χ0) is 16.9. The Kier molecular flexibility index (Phi) is 5.70. The molecule has 1 heterocycles. The van der Waals surface area contributed by atoms with Crippen LogP contribution in [-0.2, 0) is 4.79 Å². The van der Waals surface area contributed by atoms with Gasteiger partial charge in [0.15, 0.2) is 0 Å². The Morgan fingerprint density at radius 2 is 2.00 bits per heavy atom. The predicted octanol–water partition coefficient (Wildman–Crippen LogP) is 2.49. The van der Waals surface area contributed by atoms with Crippen molar-refractivity contribution < 1.29 is 27.8 Å². The van der Waals surface area contributed by atoms with Gasteiger partial charge in [-0.05, 0) is 30.9 Å². The normalized spacial score (nSPS) is 17.5. The number of benzene rings is 1. The van der Waals surface area contributed by atoms with Gasteiger partial charge in [-0.2, -0.15) is 13.2 Å². The molecule has 0 atom stereocenters. The number of carboxylic acids is 1. The number of hydrogen-bond donors (Lipinski definition) is 3. The molecule has 128 valence electrons. The van der Waals surface area contributed by atoms with Gasteiger partial charge in [0.25, 0.3) is 0 Å². The van der Waals surface area contributed by atoms with Crippen LogP contribution in [0.4, 0.5) is 18.9 Å². The largest absolute Gasteiger partial charge is 0.493 e. The molecule has 0 bridgehead atoms. The molecule has 2 aliphatic rings. The van der Waals surface area contributed by atoms with Crippen molar-refractivity contribution in [3.63, 3.8) is 0 Å². The van der Waals surface area contributed by atoms with E-state index in [1.54, 1.807) is 0 Å². The van der Waals surface area contributed by atoms with Gasteiger partial charge < -0.3 is 20.5 Å². The Balaban J connectivity index is 0.000000236. The zero-order valence-electron chi connectivity index (χ0n) is 12.4. The second-order valence-corrected chi connectivity index (χ2v) is 5.58. The number of nitrogens with one attached hydrogen (secondary N) is 2. The molecule has 3 rings (SSSR count). The molecule has 0 radical (unpaired) electrons. The highest BCUT2D eigenvalue weighted by Gasteiger charge is 2.38. The van der Waals surface area contributed by atoms with Crippen LogP contribution in [0.15, 0.2) is 24.3 Å². The predicted molar refractivity (Wildman–Crippen MR) is 78.6 cm³/mol. The van der Waals surface area contributed by atoms with Crippen LogP contribution in [0.1, 0.15) is 12.8 Å². The average molecular weight is 332 g/mol. The fourth-order valence-electron chi connectivity index (χ4n) is 1.80. The van der Waals surface area contributed by atoms with Crippen molar-refractivity contribution in [1.29, 1.82) is 0 Å². The van der Waals surface area contributed by atoms with Crippen molar-refractivity contribution in [2.45, 2.75) is 25.1 Å². The Morgan fingerprint density at radius 1 is 1.35 bits per heavy atom. The second-order valence-electron chi connectivity index (χ2n) is 5.58. The van der Waals surface area contributed by atoms with Gasteiger partial charge in [-0.3, -0.25) is 0 Å². The Morgan fingerprint density at radius 3 is 2.48 bits per heavy atom. The Labute approximate surface area is 131 Å². The Bertz CT molecular complexity index is 529. The first kappa shape index (κ1) is 17.4. The van der Waals surface area contributed by atoms with Crippen LogP contribution in [0.2, 0.25) is 0 Å². The summed E-state index contributed by atoms with van der Waals surface area (Å²) in [5.41, 5.74) is 1.17. The maximum absolute atomic E-state index is 10.6. The molecule has 23 heavy (non-hydrogen) atoms. The molecule has 1 saturated heterocycles. The average Bonchev–Trinajstić information content (AvgIpc) is 3.25. The van der Waals surface area contributed by atoms with E-state index < -0.39 is 12.1 Å². The lowest BCUT2D eigenvalue weighted by Gasteiger charge is -2.29. The van der Waals surface area contributed by atoms with Gasteiger partial charge in [0.05, 0.1) is 12.6 Å². The summed E-state index contributed by atoms with van der Waals surface area (Å²) in [6, 6.07) is 8.87. The van der Waals surface area contributed by atoms with E-state index in [4.69, 9.17) is 14.6 Å². The van der Waals surface area contributed by atoms with Crippen molar-refractivity contribution in [1.82, 2.24) is 5.32 Å². The summed E-state index contributed by atoms with van der Waals surface area (Å²) in [6.45, 7) is 3.01. The van der Waals surface area contributed by atoms with E-state index in [0.29, 0.717) is 6.04 Å². The quantitative estimate of drug-likeness (QED) is 0.773. The van der Waals surface area contributed by atoms with Crippen molar-refractivity contribution in [3.05, 3.63) is 24.3 Å². The summed E-state index contributed by atoms with van der Waals surface area (Å²) in [5.74, 6) is -0.955. The molecule has 5 nitrogen and oxygen atoms in total. The van der Waals surface area contributed by atoms with Crippen molar-refractivity contribution in [2.24, 2.45) is 5.92 Å². The number of aliphatic carboxylic acids is 1. The van der Waals surface area contributed by atoms with E-state index in [1.807, 2.05) is 6.07 Å². The number of carbonyl (C=O) groups is 1. The minimum absolute atomic E-state index is 0.582. The van der Waals surface area contributed by atoms with Crippen molar-refractivity contribution in [2.75, 3.05) is 25.0 Å². The minimum Gasteiger partial charge on any atom is -0.493 e. The van der Waals surface area contributed by atoms with E-state index in [-0.39, 0.29) is 0 Å². The molecule has 1 aliphatic heterocycles. The van der Waals surface area contributed by atoms with E-state index in [2.05, 4.69) is 28.8 Å². The fourth-order valence-corrected chi connectivity index (χ4v) is 1.80. The molecule has 1 aromatic rings. The van der Waals surface area contributed by atoms with E-state index in [9.17, 15) is 13.2 Å². The van der Waals surface area contributed by atoms with E-state index >= 15 is 0 Å². The maximum atomic E-state index is 10.6. The van der Waals surface area contributed by atoms with Gasteiger partial charge in [0.1, 0.15) is 5.75 Å². The van der Waals surface area contributed by atoms with Crippen LogP contribution in [0.25, 0.3) is 0 Å². The van der Waals surface area contributed by atoms with Gasteiger partial charge >= 0.3 is 12.1 Å². The molecule has 1 aromatic carbocycles. The summed E-state index contributed by atoms with van der Waals surface area (Å²) in [4.78, 5) is 8.90. The number of rotatable bonds is 5. The summed E-state index contributed by atoms with van der Waals surface area (Å²) < 4.78 is 37.5. The van der Waals surface area contributed by atoms with Crippen molar-refractivity contribution >= 4 is 11.7 Å². The lowest BCUT2D eigenvalue weighted by atomic mass is 10.1. The summed E-state index contributed by atoms with van der Waals surface area (Å²) in [5, 5.41) is 13.9.